The Balaban J connectivity index is 2.41. The van der Waals surface area contributed by atoms with Crippen LogP contribution in [0.2, 0.25) is 0 Å². The number of nitrogens with zero attached hydrogens (tertiary/aromatic N) is 2. The number of anilines is 1. The highest BCUT2D eigenvalue weighted by Gasteiger charge is 2.01. The van der Waals surface area contributed by atoms with E-state index >= 15 is 0 Å². The van der Waals surface area contributed by atoms with E-state index in [4.69, 9.17) is 5.73 Å². The fourth-order valence-electron chi connectivity index (χ4n) is 1.00. The second-order valence-corrected chi connectivity index (χ2v) is 3.48. The standard InChI is InChI=1S/C8H7BrN4/c9-5-1-2-6(11-4-5)7-3-8(10)13-12-7/h1-4H,(H3,10,12,13). The smallest absolute Gasteiger partial charge is 0.145 e. The molecule has 0 radical (unpaired) electrons. The third-order valence-corrected chi connectivity index (χ3v) is 2.07. The molecule has 0 aliphatic carbocycles. The number of H-pyrrole nitrogens is 1. The molecule has 0 saturated carbocycles. The number of aromatic nitrogens is 3. The Morgan fingerprint density at radius 3 is 2.77 bits per heavy atom. The van der Waals surface area contributed by atoms with Gasteiger partial charge in [-0.25, -0.2) is 0 Å². The quantitative estimate of drug-likeness (QED) is 0.797. The minimum Gasteiger partial charge on any atom is -0.382 e. The number of hydrogen-bond acceptors (Lipinski definition) is 3. The number of nitrogens with two attached hydrogens (primary N) is 1. The second-order valence-electron chi connectivity index (χ2n) is 2.57. The van der Waals surface area contributed by atoms with Crippen LogP contribution in [-0.4, -0.2) is 15.2 Å². The Labute approximate surface area is 83.3 Å². The van der Waals surface area contributed by atoms with E-state index in [1.54, 1.807) is 12.3 Å². The molecule has 2 heterocycles. The van der Waals surface area contributed by atoms with E-state index in [1.807, 2.05) is 12.1 Å². The van der Waals surface area contributed by atoms with Crippen molar-refractivity contribution >= 4 is 21.7 Å². The van der Waals surface area contributed by atoms with E-state index in [0.29, 0.717) is 5.82 Å². The van der Waals surface area contributed by atoms with Crippen molar-refractivity contribution in [1.29, 1.82) is 0 Å². The molecule has 0 aliphatic heterocycles. The molecule has 0 unspecified atom stereocenters. The van der Waals surface area contributed by atoms with Crippen LogP contribution in [0.15, 0.2) is 28.9 Å². The third kappa shape index (κ3) is 1.70. The van der Waals surface area contributed by atoms with Crippen LogP contribution in [0.5, 0.6) is 0 Å². The molecule has 2 aromatic rings. The van der Waals surface area contributed by atoms with E-state index in [-0.39, 0.29) is 0 Å². The Morgan fingerprint density at radius 2 is 2.23 bits per heavy atom. The Morgan fingerprint density at radius 1 is 1.38 bits per heavy atom. The predicted octanol–water partition coefficient (Wildman–Crippen LogP) is 1.82. The van der Waals surface area contributed by atoms with Gasteiger partial charge < -0.3 is 5.73 Å². The van der Waals surface area contributed by atoms with E-state index in [0.717, 1.165) is 15.9 Å². The molecule has 5 heteroatoms. The van der Waals surface area contributed by atoms with Crippen LogP contribution in [0.4, 0.5) is 5.82 Å². The molecular formula is C8H7BrN4. The Hall–Kier alpha value is -1.36. The second kappa shape index (κ2) is 3.18. The summed E-state index contributed by atoms with van der Waals surface area (Å²) in [6.07, 6.45) is 1.73. The zero-order valence-corrected chi connectivity index (χ0v) is 8.25. The van der Waals surface area contributed by atoms with Crippen LogP contribution in [-0.2, 0) is 0 Å². The number of pyridine rings is 1. The molecule has 0 fully saturated rings. The van der Waals surface area contributed by atoms with Gasteiger partial charge in [-0.15, -0.1) is 0 Å². The first-order valence-electron chi connectivity index (χ1n) is 3.68. The van der Waals surface area contributed by atoms with Gasteiger partial charge in [-0.05, 0) is 28.1 Å². The number of nitrogen functional groups attached to an aromatic ring is 1. The highest BCUT2D eigenvalue weighted by atomic mass is 79.9. The monoisotopic (exact) mass is 238 g/mol. The normalized spacial score (nSPS) is 10.2. The molecule has 4 nitrogen and oxygen atoms in total. The van der Waals surface area contributed by atoms with Crippen molar-refractivity contribution in [2.75, 3.05) is 5.73 Å². The highest BCUT2D eigenvalue weighted by Crippen LogP contribution is 2.17. The van der Waals surface area contributed by atoms with E-state index < -0.39 is 0 Å². The average Bonchev–Trinajstić information content (AvgIpc) is 2.53. The van der Waals surface area contributed by atoms with Crippen molar-refractivity contribution in [3.05, 3.63) is 28.9 Å². The molecular weight excluding hydrogens is 232 g/mol. The van der Waals surface area contributed by atoms with Gasteiger partial charge in [0.25, 0.3) is 0 Å². The Bertz CT molecular complexity index is 406. The van der Waals surface area contributed by atoms with Crippen LogP contribution >= 0.6 is 15.9 Å². The molecule has 13 heavy (non-hydrogen) atoms. The zero-order chi connectivity index (χ0) is 9.26. The summed E-state index contributed by atoms with van der Waals surface area (Å²) in [4.78, 5) is 4.19. The minimum atomic E-state index is 0.472. The number of nitrogens with one attached hydrogen (secondary N) is 1. The van der Waals surface area contributed by atoms with Crippen molar-refractivity contribution in [3.8, 4) is 11.4 Å². The topological polar surface area (TPSA) is 67.6 Å². The maximum Gasteiger partial charge on any atom is 0.145 e. The number of rotatable bonds is 1. The summed E-state index contributed by atoms with van der Waals surface area (Å²) in [5, 5.41) is 6.60. The van der Waals surface area contributed by atoms with E-state index in [1.165, 1.54) is 0 Å². The minimum absolute atomic E-state index is 0.472. The van der Waals surface area contributed by atoms with Gasteiger partial charge in [-0.1, -0.05) is 0 Å². The summed E-state index contributed by atoms with van der Waals surface area (Å²) in [7, 11) is 0. The van der Waals surface area contributed by atoms with Crippen molar-refractivity contribution in [1.82, 2.24) is 15.2 Å². The summed E-state index contributed by atoms with van der Waals surface area (Å²) < 4.78 is 0.948. The van der Waals surface area contributed by atoms with Crippen LogP contribution < -0.4 is 5.73 Å². The molecule has 0 aliphatic rings. The van der Waals surface area contributed by atoms with Crippen molar-refractivity contribution in [3.63, 3.8) is 0 Å². The van der Waals surface area contributed by atoms with Gasteiger partial charge >= 0.3 is 0 Å². The average molecular weight is 239 g/mol. The largest absolute Gasteiger partial charge is 0.382 e. The summed E-state index contributed by atoms with van der Waals surface area (Å²) in [6, 6.07) is 5.55. The Kier molecular flexibility index (Phi) is 2.02. The third-order valence-electron chi connectivity index (χ3n) is 1.60. The lowest BCUT2D eigenvalue weighted by molar-refractivity contribution is 1.09. The molecule has 3 N–H and O–H groups in total. The predicted molar refractivity (Wildman–Crippen MR) is 53.9 cm³/mol. The van der Waals surface area contributed by atoms with Gasteiger partial charge in [-0.2, -0.15) is 5.10 Å². The van der Waals surface area contributed by atoms with Crippen molar-refractivity contribution < 1.29 is 0 Å². The molecule has 0 amide bonds. The highest BCUT2D eigenvalue weighted by molar-refractivity contribution is 9.10. The van der Waals surface area contributed by atoms with Gasteiger partial charge in [-0.3, -0.25) is 10.1 Å². The summed E-state index contributed by atoms with van der Waals surface area (Å²) >= 11 is 3.31. The maximum atomic E-state index is 5.47. The number of aromatic amines is 1. The van der Waals surface area contributed by atoms with Crippen molar-refractivity contribution in [2.45, 2.75) is 0 Å². The lowest BCUT2D eigenvalue weighted by Gasteiger charge is -1.94. The molecule has 0 spiro atoms. The maximum absolute atomic E-state index is 5.47. The number of halogens is 1. The first-order valence-corrected chi connectivity index (χ1v) is 4.48. The SMILES string of the molecule is Nc1cc(-c2ccc(Br)cn2)[nH]n1. The first-order chi connectivity index (χ1) is 6.25. The summed E-state index contributed by atoms with van der Waals surface area (Å²) in [5.41, 5.74) is 7.12. The van der Waals surface area contributed by atoms with Crippen LogP contribution in [0.1, 0.15) is 0 Å². The molecule has 0 bridgehead atoms. The van der Waals surface area contributed by atoms with Gasteiger partial charge in [0.2, 0.25) is 0 Å². The van der Waals surface area contributed by atoms with Gasteiger partial charge in [0.1, 0.15) is 5.82 Å². The fourth-order valence-corrected chi connectivity index (χ4v) is 1.24. The van der Waals surface area contributed by atoms with Crippen LogP contribution in [0.3, 0.4) is 0 Å². The van der Waals surface area contributed by atoms with Gasteiger partial charge in [0.15, 0.2) is 0 Å². The first kappa shape index (κ1) is 8.25. The van der Waals surface area contributed by atoms with Gasteiger partial charge in [0.05, 0.1) is 11.4 Å². The number of hydrogen-bond donors (Lipinski definition) is 2. The fraction of sp³-hybridized carbons (Fsp3) is 0. The van der Waals surface area contributed by atoms with E-state index in [2.05, 4.69) is 31.1 Å². The molecule has 2 rings (SSSR count). The van der Waals surface area contributed by atoms with Crippen molar-refractivity contribution in [2.24, 2.45) is 0 Å². The summed E-state index contributed by atoms with van der Waals surface area (Å²) in [5.74, 6) is 0.472. The zero-order valence-electron chi connectivity index (χ0n) is 6.66. The lowest BCUT2D eigenvalue weighted by Crippen LogP contribution is -1.82. The molecule has 2 aromatic heterocycles. The summed E-state index contributed by atoms with van der Waals surface area (Å²) in [6.45, 7) is 0. The molecule has 66 valence electrons. The van der Waals surface area contributed by atoms with Crippen LogP contribution in [0, 0.1) is 0 Å². The van der Waals surface area contributed by atoms with Crippen LogP contribution in [0.25, 0.3) is 11.4 Å². The van der Waals surface area contributed by atoms with Gasteiger partial charge in [0, 0.05) is 16.7 Å². The lowest BCUT2D eigenvalue weighted by atomic mass is 10.3. The molecule has 0 saturated heterocycles. The molecule has 0 atom stereocenters. The van der Waals surface area contributed by atoms with E-state index in [9.17, 15) is 0 Å². The molecule has 0 aromatic carbocycles.